The third-order valence-electron chi connectivity index (χ3n) is 7.66. The lowest BCUT2D eigenvalue weighted by Crippen LogP contribution is -2.45. The van der Waals surface area contributed by atoms with Crippen molar-refractivity contribution in [2.24, 2.45) is 0 Å². The Labute approximate surface area is 245 Å². The standard InChI is InChI=1S/C31H34N6O4S/c1-20-18-37(19-21(2)41-20)30-9-6-8-25(36-30)26-11-10-22-15-32-24(14-28(22)35-26)17-34-31(38)23-13-29-27(33-16-23)7-4-3-5-12-42(29,39)40/h6,8-11,13-16,20-21H,3-5,7,12,17-19H2,1-2H3,(H,34,38)/t20-,21+. The van der Waals surface area contributed by atoms with Crippen molar-refractivity contribution in [3.05, 3.63) is 71.8 Å². The second-order valence-electron chi connectivity index (χ2n) is 11.1. The van der Waals surface area contributed by atoms with E-state index in [1.807, 2.05) is 36.4 Å². The van der Waals surface area contributed by atoms with Gasteiger partial charge in [0.25, 0.3) is 5.91 Å². The molecule has 0 aliphatic carbocycles. The lowest BCUT2D eigenvalue weighted by atomic mass is 10.1. The Kier molecular flexibility index (Phi) is 7.87. The van der Waals surface area contributed by atoms with Gasteiger partial charge in [0.2, 0.25) is 0 Å². The number of amides is 1. The first-order valence-electron chi connectivity index (χ1n) is 14.4. The van der Waals surface area contributed by atoms with Gasteiger partial charge in [0.05, 0.1) is 63.3 Å². The van der Waals surface area contributed by atoms with Crippen LogP contribution in [0, 0.1) is 0 Å². The minimum Gasteiger partial charge on any atom is -0.372 e. The fourth-order valence-electron chi connectivity index (χ4n) is 5.60. The first-order chi connectivity index (χ1) is 20.2. The smallest absolute Gasteiger partial charge is 0.253 e. The lowest BCUT2D eigenvalue weighted by molar-refractivity contribution is -0.00545. The molecule has 10 nitrogen and oxygen atoms in total. The van der Waals surface area contributed by atoms with Crippen molar-refractivity contribution in [2.75, 3.05) is 23.7 Å². The molecule has 1 saturated heterocycles. The minimum atomic E-state index is -3.47. The normalized spacial score (nSPS) is 20.4. The number of hydrogen-bond donors (Lipinski definition) is 1. The van der Waals surface area contributed by atoms with Gasteiger partial charge in [-0.1, -0.05) is 12.5 Å². The summed E-state index contributed by atoms with van der Waals surface area (Å²) in [5.74, 6) is 0.567. The zero-order valence-corrected chi connectivity index (χ0v) is 24.6. The molecular weight excluding hydrogens is 552 g/mol. The first-order valence-corrected chi connectivity index (χ1v) is 16.0. The van der Waals surface area contributed by atoms with E-state index in [0.29, 0.717) is 24.2 Å². The second-order valence-corrected chi connectivity index (χ2v) is 13.2. The van der Waals surface area contributed by atoms with Gasteiger partial charge in [-0.05, 0) is 69.5 Å². The molecule has 42 heavy (non-hydrogen) atoms. The second kappa shape index (κ2) is 11.7. The molecule has 0 radical (unpaired) electrons. The Morgan fingerprint density at radius 3 is 2.62 bits per heavy atom. The Hall–Kier alpha value is -3.96. The molecule has 6 rings (SSSR count). The summed E-state index contributed by atoms with van der Waals surface area (Å²) in [5.41, 5.74) is 3.64. The van der Waals surface area contributed by atoms with Gasteiger partial charge in [0.15, 0.2) is 9.84 Å². The highest BCUT2D eigenvalue weighted by molar-refractivity contribution is 7.91. The molecule has 0 bridgehead atoms. The molecule has 1 fully saturated rings. The van der Waals surface area contributed by atoms with E-state index >= 15 is 0 Å². The molecule has 2 aliphatic rings. The molecule has 11 heteroatoms. The molecule has 0 saturated carbocycles. The van der Waals surface area contributed by atoms with Crippen molar-refractivity contribution in [1.82, 2.24) is 25.3 Å². The Morgan fingerprint density at radius 2 is 1.79 bits per heavy atom. The topological polar surface area (TPSA) is 127 Å². The molecule has 1 amide bonds. The van der Waals surface area contributed by atoms with Gasteiger partial charge in [-0.2, -0.15) is 0 Å². The summed E-state index contributed by atoms with van der Waals surface area (Å²) in [5, 5.41) is 3.72. The molecule has 0 unspecified atom stereocenters. The lowest BCUT2D eigenvalue weighted by Gasteiger charge is -2.36. The summed E-state index contributed by atoms with van der Waals surface area (Å²) in [4.78, 5) is 33.9. The quantitative estimate of drug-likeness (QED) is 0.367. The van der Waals surface area contributed by atoms with Crippen LogP contribution in [-0.4, -0.2) is 65.3 Å². The number of ether oxygens (including phenoxy) is 1. The SMILES string of the molecule is C[C@@H]1CN(c2cccc(-c3ccc4cnc(CNC(=O)c5cnc6c(c5)S(=O)(=O)CCCCC6)cc4n3)n2)C[C@H](C)O1. The highest BCUT2D eigenvalue weighted by Crippen LogP contribution is 2.25. The van der Waals surface area contributed by atoms with E-state index in [2.05, 4.69) is 34.0 Å². The van der Waals surface area contributed by atoms with E-state index in [1.54, 1.807) is 6.20 Å². The molecule has 1 N–H and O–H groups in total. The van der Waals surface area contributed by atoms with Gasteiger partial charge in [-0.25, -0.2) is 18.4 Å². The summed E-state index contributed by atoms with van der Waals surface area (Å²) in [6, 6.07) is 13.1. The number of carbonyl (C=O) groups is 1. The van der Waals surface area contributed by atoms with E-state index in [9.17, 15) is 13.2 Å². The maximum absolute atomic E-state index is 13.0. The Balaban J connectivity index is 1.19. The summed E-state index contributed by atoms with van der Waals surface area (Å²) in [6.07, 6.45) is 6.41. The maximum Gasteiger partial charge on any atom is 0.253 e. The number of fused-ring (bicyclic) bond motifs is 2. The summed E-state index contributed by atoms with van der Waals surface area (Å²) in [7, 11) is -3.47. The number of nitrogens with one attached hydrogen (secondary N) is 1. The van der Waals surface area contributed by atoms with Crippen LogP contribution in [0.25, 0.3) is 22.3 Å². The van der Waals surface area contributed by atoms with Crippen LogP contribution in [0.2, 0.25) is 0 Å². The van der Waals surface area contributed by atoms with Gasteiger partial charge >= 0.3 is 0 Å². The number of pyridine rings is 4. The van der Waals surface area contributed by atoms with Crippen LogP contribution >= 0.6 is 0 Å². The summed E-state index contributed by atoms with van der Waals surface area (Å²) >= 11 is 0. The van der Waals surface area contributed by atoms with Gasteiger partial charge in [-0.15, -0.1) is 0 Å². The monoisotopic (exact) mass is 586 g/mol. The van der Waals surface area contributed by atoms with E-state index in [1.165, 1.54) is 12.3 Å². The highest BCUT2D eigenvalue weighted by atomic mass is 32.2. The molecule has 2 atom stereocenters. The molecule has 6 heterocycles. The molecule has 0 aromatic carbocycles. The van der Waals surface area contributed by atoms with E-state index in [-0.39, 0.29) is 35.0 Å². The van der Waals surface area contributed by atoms with Crippen LogP contribution in [0.1, 0.15) is 54.9 Å². The van der Waals surface area contributed by atoms with Crippen LogP contribution < -0.4 is 10.2 Å². The number of sulfone groups is 1. The van der Waals surface area contributed by atoms with Crippen molar-refractivity contribution in [3.63, 3.8) is 0 Å². The summed E-state index contributed by atoms with van der Waals surface area (Å²) < 4.78 is 31.4. The number of morpholine rings is 1. The molecule has 4 aromatic rings. The van der Waals surface area contributed by atoms with Gasteiger partial charge in [-0.3, -0.25) is 14.8 Å². The number of rotatable bonds is 5. The molecule has 2 aliphatic heterocycles. The third kappa shape index (κ3) is 6.12. The number of anilines is 1. The number of aryl methyl sites for hydroxylation is 1. The van der Waals surface area contributed by atoms with Crippen molar-refractivity contribution < 1.29 is 17.9 Å². The van der Waals surface area contributed by atoms with E-state index < -0.39 is 15.7 Å². The van der Waals surface area contributed by atoms with Crippen LogP contribution in [0.3, 0.4) is 0 Å². The number of carbonyl (C=O) groups excluding carboxylic acids is 1. The van der Waals surface area contributed by atoms with E-state index in [4.69, 9.17) is 14.7 Å². The molecule has 4 aromatic heterocycles. The summed E-state index contributed by atoms with van der Waals surface area (Å²) in [6.45, 7) is 5.86. The average Bonchev–Trinajstić information content (AvgIpc) is 2.98. The van der Waals surface area contributed by atoms with Gasteiger partial charge in [0.1, 0.15) is 5.82 Å². The number of aromatic nitrogens is 4. The van der Waals surface area contributed by atoms with Crippen molar-refractivity contribution in [2.45, 2.75) is 63.2 Å². The largest absolute Gasteiger partial charge is 0.372 e. The third-order valence-corrected chi connectivity index (χ3v) is 9.50. The van der Waals surface area contributed by atoms with Crippen LogP contribution in [0.5, 0.6) is 0 Å². The first kappa shape index (κ1) is 28.2. The fourth-order valence-corrected chi connectivity index (χ4v) is 7.23. The van der Waals surface area contributed by atoms with Crippen molar-refractivity contribution in [3.8, 4) is 11.4 Å². The highest BCUT2D eigenvalue weighted by Gasteiger charge is 2.25. The predicted octanol–water partition coefficient (Wildman–Crippen LogP) is 4.13. The maximum atomic E-state index is 13.0. The van der Waals surface area contributed by atoms with E-state index in [0.717, 1.165) is 54.0 Å². The molecule has 0 spiro atoms. The molecule has 218 valence electrons. The fraction of sp³-hybridized carbons (Fsp3) is 0.387. The average molecular weight is 587 g/mol. The zero-order chi connectivity index (χ0) is 29.3. The van der Waals surface area contributed by atoms with Crippen LogP contribution in [0.15, 0.2) is 59.8 Å². The molecular formula is C31H34N6O4S. The number of hydrogen-bond acceptors (Lipinski definition) is 9. The van der Waals surface area contributed by atoms with Gasteiger partial charge in [0, 0.05) is 30.9 Å². The predicted molar refractivity (Wildman–Crippen MR) is 160 cm³/mol. The van der Waals surface area contributed by atoms with Gasteiger partial charge < -0.3 is 15.0 Å². The number of nitrogens with zero attached hydrogens (tertiary/aromatic N) is 5. The van der Waals surface area contributed by atoms with Crippen LogP contribution in [0.4, 0.5) is 5.82 Å². The minimum absolute atomic E-state index is 0.0776. The Bertz CT molecular complexity index is 1730. The van der Waals surface area contributed by atoms with Crippen molar-refractivity contribution in [1.29, 1.82) is 0 Å². The Morgan fingerprint density at radius 1 is 0.976 bits per heavy atom. The van der Waals surface area contributed by atoms with Crippen molar-refractivity contribution >= 4 is 32.5 Å². The zero-order valence-electron chi connectivity index (χ0n) is 23.8. The van der Waals surface area contributed by atoms with Crippen LogP contribution in [-0.2, 0) is 27.5 Å².